The van der Waals surface area contributed by atoms with Gasteiger partial charge in [0, 0.05) is 25.2 Å². The molecule has 0 spiro atoms. The fourth-order valence-corrected chi connectivity index (χ4v) is 2.53. The van der Waals surface area contributed by atoms with E-state index in [-0.39, 0.29) is 24.8 Å². The van der Waals surface area contributed by atoms with Gasteiger partial charge in [-0.1, -0.05) is 30.3 Å². The first kappa shape index (κ1) is 15.8. The first-order valence-corrected chi connectivity index (χ1v) is 7.51. The lowest BCUT2D eigenvalue weighted by Crippen LogP contribution is -2.48. The first-order chi connectivity index (χ1) is 10.2. The average molecular weight is 292 g/mol. The molecule has 1 fully saturated rings. The maximum Gasteiger partial charge on any atom is 0.407 e. The molecule has 1 aromatic rings. The van der Waals surface area contributed by atoms with Crippen LogP contribution in [0.1, 0.15) is 25.3 Å². The quantitative estimate of drug-likeness (QED) is 0.868. The number of aliphatic hydroxyl groups is 1. The second kappa shape index (κ2) is 8.00. The molecule has 5 heteroatoms. The Morgan fingerprint density at radius 3 is 2.67 bits per heavy atom. The molecule has 1 saturated heterocycles. The molecule has 1 aromatic carbocycles. The Kier molecular flexibility index (Phi) is 6.02. The molecule has 1 atom stereocenters. The van der Waals surface area contributed by atoms with Crippen molar-refractivity contribution in [3.63, 3.8) is 0 Å². The Bertz CT molecular complexity index is 430. The maximum atomic E-state index is 11.8. The van der Waals surface area contributed by atoms with Crippen LogP contribution in [0.15, 0.2) is 30.3 Å². The number of hydrogen-bond acceptors (Lipinski definition) is 4. The topological polar surface area (TPSA) is 61.8 Å². The Morgan fingerprint density at radius 1 is 1.38 bits per heavy atom. The van der Waals surface area contributed by atoms with Crippen LogP contribution in [0.4, 0.5) is 4.79 Å². The number of ether oxygens (including phenoxy) is 1. The van der Waals surface area contributed by atoms with Crippen LogP contribution >= 0.6 is 0 Å². The average Bonchev–Trinajstić information content (AvgIpc) is 2.54. The Balaban J connectivity index is 1.67. The van der Waals surface area contributed by atoms with E-state index in [0.29, 0.717) is 6.61 Å². The second-order valence-corrected chi connectivity index (χ2v) is 5.55. The summed E-state index contributed by atoms with van der Waals surface area (Å²) in [7, 11) is 0. The number of likely N-dealkylation sites (tertiary alicyclic amines) is 1. The summed E-state index contributed by atoms with van der Waals surface area (Å²) in [5.41, 5.74) is 0.985. The van der Waals surface area contributed by atoms with E-state index in [1.165, 1.54) is 0 Å². The molecule has 2 rings (SSSR count). The number of piperidine rings is 1. The molecule has 1 heterocycles. The molecular weight excluding hydrogens is 268 g/mol. The fourth-order valence-electron chi connectivity index (χ4n) is 2.53. The molecule has 0 radical (unpaired) electrons. The van der Waals surface area contributed by atoms with Gasteiger partial charge in [0.15, 0.2) is 0 Å². The zero-order valence-corrected chi connectivity index (χ0v) is 12.5. The zero-order valence-electron chi connectivity index (χ0n) is 12.5. The molecule has 1 amide bonds. The van der Waals surface area contributed by atoms with E-state index in [9.17, 15) is 4.79 Å². The highest BCUT2D eigenvalue weighted by Crippen LogP contribution is 2.13. The van der Waals surface area contributed by atoms with Crippen LogP contribution in [0.2, 0.25) is 0 Å². The van der Waals surface area contributed by atoms with E-state index < -0.39 is 0 Å². The SMILES string of the molecule is CC(CO)N1CCC(NC(=O)OCc2ccccc2)CC1. The van der Waals surface area contributed by atoms with E-state index in [1.54, 1.807) is 0 Å². The number of rotatable bonds is 5. The molecule has 116 valence electrons. The van der Waals surface area contributed by atoms with Crippen molar-refractivity contribution in [1.29, 1.82) is 0 Å². The highest BCUT2D eigenvalue weighted by atomic mass is 16.5. The third-order valence-electron chi connectivity index (χ3n) is 3.95. The fraction of sp³-hybridized carbons (Fsp3) is 0.562. The van der Waals surface area contributed by atoms with Gasteiger partial charge in [-0.25, -0.2) is 4.79 Å². The maximum absolute atomic E-state index is 11.8. The van der Waals surface area contributed by atoms with E-state index in [0.717, 1.165) is 31.5 Å². The summed E-state index contributed by atoms with van der Waals surface area (Å²) in [6.07, 6.45) is 1.43. The van der Waals surface area contributed by atoms with Gasteiger partial charge in [-0.2, -0.15) is 0 Å². The Hall–Kier alpha value is -1.59. The highest BCUT2D eigenvalue weighted by molar-refractivity contribution is 5.67. The minimum absolute atomic E-state index is 0.162. The highest BCUT2D eigenvalue weighted by Gasteiger charge is 2.23. The summed E-state index contributed by atoms with van der Waals surface area (Å²) < 4.78 is 5.22. The largest absolute Gasteiger partial charge is 0.445 e. The normalized spacial score (nSPS) is 18.2. The van der Waals surface area contributed by atoms with Crippen molar-refractivity contribution in [2.75, 3.05) is 19.7 Å². The van der Waals surface area contributed by atoms with Crippen molar-refractivity contribution in [3.05, 3.63) is 35.9 Å². The number of amides is 1. The number of nitrogens with one attached hydrogen (secondary N) is 1. The standard InChI is InChI=1S/C16H24N2O3/c1-13(11-19)18-9-7-15(8-10-18)17-16(20)21-12-14-5-3-2-4-6-14/h2-6,13,15,19H,7-12H2,1H3,(H,17,20). The van der Waals surface area contributed by atoms with Gasteiger partial charge in [0.05, 0.1) is 6.61 Å². The van der Waals surface area contributed by atoms with Gasteiger partial charge in [-0.15, -0.1) is 0 Å². The molecule has 1 aliphatic heterocycles. The van der Waals surface area contributed by atoms with E-state index in [1.807, 2.05) is 37.3 Å². The monoisotopic (exact) mass is 292 g/mol. The number of benzene rings is 1. The number of aliphatic hydroxyl groups excluding tert-OH is 1. The summed E-state index contributed by atoms with van der Waals surface area (Å²) in [6.45, 7) is 4.28. The van der Waals surface area contributed by atoms with Crippen LogP contribution in [0.25, 0.3) is 0 Å². The summed E-state index contributed by atoms with van der Waals surface area (Å²) in [5.74, 6) is 0. The van der Waals surface area contributed by atoms with Crippen LogP contribution < -0.4 is 5.32 Å². The number of alkyl carbamates (subject to hydrolysis) is 1. The third kappa shape index (κ3) is 5.02. The molecule has 5 nitrogen and oxygen atoms in total. The predicted octanol–water partition coefficient (Wildman–Crippen LogP) is 1.76. The van der Waals surface area contributed by atoms with Crippen LogP contribution in [0, 0.1) is 0 Å². The first-order valence-electron chi connectivity index (χ1n) is 7.51. The summed E-state index contributed by atoms with van der Waals surface area (Å²) in [6, 6.07) is 10.0. The lowest BCUT2D eigenvalue weighted by molar-refractivity contribution is 0.0960. The van der Waals surface area contributed by atoms with Crippen LogP contribution in [0.5, 0.6) is 0 Å². The molecule has 0 aliphatic carbocycles. The number of carbonyl (C=O) groups is 1. The van der Waals surface area contributed by atoms with Crippen molar-refractivity contribution in [3.8, 4) is 0 Å². The smallest absolute Gasteiger partial charge is 0.407 e. The minimum Gasteiger partial charge on any atom is -0.445 e. The van der Waals surface area contributed by atoms with Crippen molar-refractivity contribution in [2.45, 2.75) is 38.5 Å². The Labute approximate surface area is 125 Å². The van der Waals surface area contributed by atoms with Crippen molar-refractivity contribution >= 4 is 6.09 Å². The second-order valence-electron chi connectivity index (χ2n) is 5.55. The van der Waals surface area contributed by atoms with Gasteiger partial charge in [-0.05, 0) is 25.3 Å². The Morgan fingerprint density at radius 2 is 2.05 bits per heavy atom. The molecule has 1 unspecified atom stereocenters. The zero-order chi connectivity index (χ0) is 15.1. The van der Waals surface area contributed by atoms with Gasteiger partial charge >= 0.3 is 6.09 Å². The van der Waals surface area contributed by atoms with Gasteiger partial charge < -0.3 is 15.2 Å². The molecular formula is C16H24N2O3. The molecule has 21 heavy (non-hydrogen) atoms. The van der Waals surface area contributed by atoms with Crippen LogP contribution in [-0.2, 0) is 11.3 Å². The van der Waals surface area contributed by atoms with E-state index in [2.05, 4.69) is 10.2 Å². The van der Waals surface area contributed by atoms with Crippen LogP contribution in [0.3, 0.4) is 0 Å². The van der Waals surface area contributed by atoms with Crippen LogP contribution in [-0.4, -0.2) is 47.9 Å². The van der Waals surface area contributed by atoms with Crippen molar-refractivity contribution < 1.29 is 14.6 Å². The lowest BCUT2D eigenvalue weighted by atomic mass is 10.0. The van der Waals surface area contributed by atoms with Crippen molar-refractivity contribution in [1.82, 2.24) is 10.2 Å². The van der Waals surface area contributed by atoms with Gasteiger partial charge in [0.1, 0.15) is 6.61 Å². The van der Waals surface area contributed by atoms with Crippen molar-refractivity contribution in [2.24, 2.45) is 0 Å². The number of hydrogen-bond donors (Lipinski definition) is 2. The van der Waals surface area contributed by atoms with Gasteiger partial charge in [-0.3, -0.25) is 4.90 Å². The summed E-state index contributed by atoms with van der Waals surface area (Å²) >= 11 is 0. The molecule has 2 N–H and O–H groups in total. The predicted molar refractivity (Wildman–Crippen MR) is 80.9 cm³/mol. The molecule has 0 saturated carbocycles. The molecule has 0 aromatic heterocycles. The van der Waals surface area contributed by atoms with E-state index >= 15 is 0 Å². The van der Waals surface area contributed by atoms with E-state index in [4.69, 9.17) is 9.84 Å². The third-order valence-corrected chi connectivity index (χ3v) is 3.95. The molecule has 1 aliphatic rings. The lowest BCUT2D eigenvalue weighted by Gasteiger charge is -2.35. The minimum atomic E-state index is -0.354. The summed E-state index contributed by atoms with van der Waals surface area (Å²) in [4.78, 5) is 14.0. The summed E-state index contributed by atoms with van der Waals surface area (Å²) in [5, 5.41) is 12.1. The van der Waals surface area contributed by atoms with Gasteiger partial charge in [0.25, 0.3) is 0 Å². The number of carbonyl (C=O) groups excluding carboxylic acids is 1. The van der Waals surface area contributed by atoms with Gasteiger partial charge in [0.2, 0.25) is 0 Å². The molecule has 0 bridgehead atoms. The number of nitrogens with zero attached hydrogens (tertiary/aromatic N) is 1.